The van der Waals surface area contributed by atoms with Crippen LogP contribution >= 0.6 is 0 Å². The van der Waals surface area contributed by atoms with Crippen molar-refractivity contribution < 1.29 is 59.1 Å². The van der Waals surface area contributed by atoms with Gasteiger partial charge in [0.1, 0.15) is 60.2 Å². The summed E-state index contributed by atoms with van der Waals surface area (Å²) in [5.74, 6) is 0.0237. The first-order valence-electron chi connectivity index (χ1n) is 10.9. The van der Waals surface area contributed by atoms with Crippen LogP contribution in [0.3, 0.4) is 0 Å². The molecule has 3 heterocycles. The molecule has 2 fully saturated rings. The van der Waals surface area contributed by atoms with Crippen LogP contribution in [0.4, 0.5) is 0 Å². The molecule has 4 rings (SSSR count). The van der Waals surface area contributed by atoms with Crippen molar-refractivity contribution in [2.45, 2.75) is 68.3 Å². The molecule has 0 aliphatic carbocycles. The van der Waals surface area contributed by atoms with Gasteiger partial charge in [-0.05, 0) is 18.6 Å². The van der Waals surface area contributed by atoms with E-state index in [2.05, 4.69) is 0 Å². The van der Waals surface area contributed by atoms with E-state index in [-0.39, 0.29) is 11.3 Å². The lowest BCUT2D eigenvalue weighted by Gasteiger charge is -2.42. The van der Waals surface area contributed by atoms with Crippen molar-refractivity contribution in [3.8, 4) is 5.75 Å². The second kappa shape index (κ2) is 10.4. The molecule has 0 radical (unpaired) electrons. The molecule has 10 atom stereocenters. The maximum absolute atomic E-state index is 12.0. The van der Waals surface area contributed by atoms with Gasteiger partial charge in [0.25, 0.3) is 0 Å². The molecule has 2 aromatic rings. The smallest absolute Gasteiger partial charge is 0.339 e. The third-order valence-electron chi connectivity index (χ3n) is 6.13. The molecule has 2 aliphatic rings. The Hall–Kier alpha value is -2.17. The fraction of sp³-hybridized carbons (Fsp3) is 0.591. The van der Waals surface area contributed by atoms with E-state index in [0.717, 1.165) is 6.07 Å². The van der Waals surface area contributed by atoms with Crippen molar-refractivity contribution in [1.82, 2.24) is 0 Å². The van der Waals surface area contributed by atoms with Gasteiger partial charge in [-0.15, -0.1) is 0 Å². The fourth-order valence-corrected chi connectivity index (χ4v) is 4.12. The Bertz CT molecular complexity index is 1070. The number of hydrogen-bond donors (Lipinski definition) is 7. The maximum Gasteiger partial charge on any atom is 0.339 e. The van der Waals surface area contributed by atoms with Gasteiger partial charge in [-0.1, -0.05) is 12.1 Å². The van der Waals surface area contributed by atoms with E-state index in [1.165, 1.54) is 0 Å². The highest BCUT2D eigenvalue weighted by Crippen LogP contribution is 2.31. The van der Waals surface area contributed by atoms with Gasteiger partial charge in [0.2, 0.25) is 6.29 Å². The van der Waals surface area contributed by atoms with Gasteiger partial charge in [-0.25, -0.2) is 4.79 Å². The first kappa shape index (κ1) is 25.9. The van der Waals surface area contributed by atoms with Gasteiger partial charge < -0.3 is 59.1 Å². The van der Waals surface area contributed by atoms with Crippen LogP contribution in [0, 0.1) is 6.92 Å². The van der Waals surface area contributed by atoms with Crippen LogP contribution in [0.15, 0.2) is 33.5 Å². The van der Waals surface area contributed by atoms with Crippen molar-refractivity contribution in [2.75, 3.05) is 13.2 Å². The number of aryl methyl sites for hydroxylation is 1. The lowest BCUT2D eigenvalue weighted by molar-refractivity contribution is -0.323. The number of aliphatic hydroxyl groups excluding tert-OH is 7. The molecule has 7 N–H and O–H groups in total. The van der Waals surface area contributed by atoms with Gasteiger partial charge >= 0.3 is 5.63 Å². The number of ether oxygens (including phenoxy) is 4. The quantitative estimate of drug-likeness (QED) is 0.199. The molecule has 194 valence electrons. The minimum absolute atomic E-state index is 0.0237. The van der Waals surface area contributed by atoms with Crippen molar-refractivity contribution in [3.05, 3.63) is 40.2 Å². The van der Waals surface area contributed by atoms with E-state index in [4.69, 9.17) is 23.4 Å². The first-order chi connectivity index (χ1) is 16.6. The molecule has 0 bridgehead atoms. The highest BCUT2D eigenvalue weighted by atomic mass is 16.7. The van der Waals surface area contributed by atoms with Crippen molar-refractivity contribution in [2.24, 2.45) is 0 Å². The topological polar surface area (TPSA) is 209 Å². The highest BCUT2D eigenvalue weighted by molar-refractivity contribution is 5.86. The molecular formula is C22H28O13. The Balaban J connectivity index is 1.51. The zero-order valence-corrected chi connectivity index (χ0v) is 18.6. The summed E-state index contributed by atoms with van der Waals surface area (Å²) in [4.78, 5) is 12.0. The predicted octanol–water partition coefficient (Wildman–Crippen LogP) is -2.90. The van der Waals surface area contributed by atoms with E-state index in [0.29, 0.717) is 10.9 Å². The minimum Gasteiger partial charge on any atom is -0.461 e. The average molecular weight is 500 g/mol. The lowest BCUT2D eigenvalue weighted by Crippen LogP contribution is -2.62. The zero-order chi connectivity index (χ0) is 25.4. The van der Waals surface area contributed by atoms with Crippen LogP contribution in [0.2, 0.25) is 0 Å². The normalized spacial score (nSPS) is 37.9. The average Bonchev–Trinajstić information content (AvgIpc) is 2.83. The molecule has 1 aromatic carbocycles. The molecular weight excluding hydrogens is 472 g/mol. The third kappa shape index (κ3) is 5.06. The first-order valence-corrected chi connectivity index (χ1v) is 10.9. The van der Waals surface area contributed by atoms with Crippen molar-refractivity contribution >= 4 is 11.0 Å². The molecule has 35 heavy (non-hydrogen) atoms. The Morgan fingerprint density at radius 1 is 0.857 bits per heavy atom. The summed E-state index contributed by atoms with van der Waals surface area (Å²) >= 11 is 0. The van der Waals surface area contributed by atoms with Gasteiger partial charge in [-0.3, -0.25) is 0 Å². The number of aliphatic hydroxyl groups is 7. The Morgan fingerprint density at radius 3 is 2.17 bits per heavy atom. The fourth-order valence-electron chi connectivity index (χ4n) is 4.12. The number of rotatable bonds is 6. The van der Waals surface area contributed by atoms with Crippen LogP contribution in [0.1, 0.15) is 5.56 Å². The van der Waals surface area contributed by atoms with Crippen molar-refractivity contribution in [1.29, 1.82) is 0 Å². The predicted molar refractivity (Wildman–Crippen MR) is 114 cm³/mol. The molecule has 0 amide bonds. The van der Waals surface area contributed by atoms with Gasteiger partial charge in [0, 0.05) is 0 Å². The second-order valence-electron chi connectivity index (χ2n) is 8.54. The van der Waals surface area contributed by atoms with E-state index in [1.807, 2.05) is 0 Å². The molecule has 1 aromatic heterocycles. The molecule has 13 heteroatoms. The van der Waals surface area contributed by atoms with Gasteiger partial charge in [0.15, 0.2) is 6.29 Å². The Morgan fingerprint density at radius 2 is 1.49 bits per heavy atom. The number of benzene rings is 1. The van der Waals surface area contributed by atoms with Gasteiger partial charge in [-0.2, -0.15) is 0 Å². The summed E-state index contributed by atoms with van der Waals surface area (Å²) in [7, 11) is 0. The number of fused-ring (bicyclic) bond motifs is 1. The standard InChI is InChI=1S/C22H28O13/c1-8-3-2-4-9-14(8)10(5-13(24)32-9)33-22-20(30)18(28)16(26)12(35-22)7-31-21-19(29)17(27)15(25)11(6-23)34-21/h2-5,11-12,15-23,25-30H,6-7H2,1H3. The molecule has 2 saturated heterocycles. The summed E-state index contributed by atoms with van der Waals surface area (Å²) < 4.78 is 27.1. The van der Waals surface area contributed by atoms with E-state index in [1.54, 1.807) is 25.1 Å². The van der Waals surface area contributed by atoms with Gasteiger partial charge in [0.05, 0.1) is 24.7 Å². The SMILES string of the molecule is Cc1cccc2oc(=O)cc(OC3OC(COC4OC(CO)C(O)C(O)C4O)C(O)C(O)C3O)c12. The largest absolute Gasteiger partial charge is 0.461 e. The summed E-state index contributed by atoms with van der Waals surface area (Å²) in [5, 5.41) is 70.8. The van der Waals surface area contributed by atoms with Crippen LogP contribution in [-0.2, 0) is 14.2 Å². The third-order valence-corrected chi connectivity index (χ3v) is 6.13. The van der Waals surface area contributed by atoms with Crippen LogP contribution in [-0.4, -0.2) is 110 Å². The monoisotopic (exact) mass is 500 g/mol. The Labute approximate surface area is 198 Å². The van der Waals surface area contributed by atoms with Crippen LogP contribution in [0.25, 0.3) is 11.0 Å². The van der Waals surface area contributed by atoms with E-state index in [9.17, 15) is 40.5 Å². The minimum atomic E-state index is -1.73. The summed E-state index contributed by atoms with van der Waals surface area (Å²) in [6.45, 7) is 0.583. The lowest BCUT2D eigenvalue weighted by atomic mass is 9.98. The van der Waals surface area contributed by atoms with E-state index >= 15 is 0 Å². The zero-order valence-electron chi connectivity index (χ0n) is 18.6. The summed E-state index contributed by atoms with van der Waals surface area (Å²) in [5.41, 5.74) is 0.224. The van der Waals surface area contributed by atoms with Crippen LogP contribution in [0.5, 0.6) is 5.75 Å². The van der Waals surface area contributed by atoms with Crippen LogP contribution < -0.4 is 10.4 Å². The molecule has 10 unspecified atom stereocenters. The summed E-state index contributed by atoms with van der Waals surface area (Å²) in [6, 6.07) is 6.05. The van der Waals surface area contributed by atoms with Crippen molar-refractivity contribution in [3.63, 3.8) is 0 Å². The highest BCUT2D eigenvalue weighted by Gasteiger charge is 2.48. The molecule has 0 saturated carbocycles. The maximum atomic E-state index is 12.0. The second-order valence-corrected chi connectivity index (χ2v) is 8.54. The Kier molecular flexibility index (Phi) is 7.73. The van der Waals surface area contributed by atoms with E-state index < -0.39 is 80.3 Å². The molecule has 0 spiro atoms. The molecule has 13 nitrogen and oxygen atoms in total. The molecule has 2 aliphatic heterocycles. The number of hydrogen-bond acceptors (Lipinski definition) is 13. The summed E-state index contributed by atoms with van der Waals surface area (Å²) in [6.07, 6.45) is -15.6.